The number of hydrogen-bond donors (Lipinski definition) is 2. The van der Waals surface area contributed by atoms with Gasteiger partial charge < -0.3 is 4.74 Å². The molecule has 5 heteroatoms. The Bertz CT molecular complexity index is 415. The number of nitrogens with one attached hydrogen (secondary N) is 1. The van der Waals surface area contributed by atoms with Crippen molar-refractivity contribution in [2.75, 3.05) is 7.11 Å². The highest BCUT2D eigenvalue weighted by Crippen LogP contribution is 2.39. The normalized spacial score (nSPS) is 20.1. The molecule has 0 amide bonds. The summed E-state index contributed by atoms with van der Waals surface area (Å²) in [4.78, 5) is 4.74. The molecule has 1 aliphatic carbocycles. The number of nitrogens with two attached hydrogens (primary N) is 1. The first kappa shape index (κ1) is 14.9. The molecule has 3 N–H and O–H groups in total. The predicted molar refractivity (Wildman–Crippen MR) is 79.2 cm³/mol. The maximum Gasteiger partial charge on any atom is 0.0945 e. The van der Waals surface area contributed by atoms with Gasteiger partial charge in [-0.2, -0.15) is 0 Å². The molecule has 1 aromatic rings. The van der Waals surface area contributed by atoms with Gasteiger partial charge >= 0.3 is 0 Å². The Morgan fingerprint density at radius 2 is 2.21 bits per heavy atom. The first-order chi connectivity index (χ1) is 8.91. The fourth-order valence-corrected chi connectivity index (χ4v) is 3.61. The minimum absolute atomic E-state index is 0.0949. The van der Waals surface area contributed by atoms with Crippen molar-refractivity contribution in [1.29, 1.82) is 0 Å². The molecule has 0 radical (unpaired) electrons. The van der Waals surface area contributed by atoms with Crippen LogP contribution in [0.5, 0.6) is 0 Å². The molecule has 0 spiro atoms. The number of methoxy groups -OCH3 is 1. The van der Waals surface area contributed by atoms with Gasteiger partial charge in [-0.1, -0.05) is 20.8 Å². The average Bonchev–Trinajstić information content (AvgIpc) is 2.75. The van der Waals surface area contributed by atoms with Gasteiger partial charge in [0.15, 0.2) is 0 Å². The van der Waals surface area contributed by atoms with Gasteiger partial charge in [-0.25, -0.2) is 4.98 Å². The molecular weight excluding hydrogens is 258 g/mol. The average molecular weight is 283 g/mol. The van der Waals surface area contributed by atoms with E-state index in [2.05, 4.69) is 31.6 Å². The van der Waals surface area contributed by atoms with Crippen LogP contribution in [-0.2, 0) is 16.6 Å². The van der Waals surface area contributed by atoms with E-state index in [0.29, 0.717) is 0 Å². The first-order valence-corrected chi connectivity index (χ1v) is 7.75. The van der Waals surface area contributed by atoms with Crippen molar-refractivity contribution in [2.45, 2.75) is 63.5 Å². The van der Waals surface area contributed by atoms with E-state index in [4.69, 9.17) is 15.6 Å². The Morgan fingerprint density at radius 1 is 1.53 bits per heavy atom. The van der Waals surface area contributed by atoms with E-state index in [0.717, 1.165) is 30.0 Å². The van der Waals surface area contributed by atoms with Crippen molar-refractivity contribution >= 4 is 11.3 Å². The van der Waals surface area contributed by atoms with Gasteiger partial charge in [0.2, 0.25) is 0 Å². The summed E-state index contributed by atoms with van der Waals surface area (Å²) in [6, 6.07) is 0.144. The Morgan fingerprint density at radius 3 is 2.58 bits per heavy atom. The van der Waals surface area contributed by atoms with Crippen molar-refractivity contribution in [2.24, 2.45) is 5.84 Å². The summed E-state index contributed by atoms with van der Waals surface area (Å²) in [5.74, 6) is 5.73. The second-order valence-corrected chi connectivity index (χ2v) is 7.36. The molecule has 108 valence electrons. The molecule has 1 atom stereocenters. The molecule has 1 unspecified atom stereocenters. The number of hydrogen-bond acceptors (Lipinski definition) is 5. The van der Waals surface area contributed by atoms with Crippen molar-refractivity contribution in [1.82, 2.24) is 10.4 Å². The van der Waals surface area contributed by atoms with E-state index < -0.39 is 0 Å². The first-order valence-electron chi connectivity index (χ1n) is 6.87. The molecule has 19 heavy (non-hydrogen) atoms. The van der Waals surface area contributed by atoms with Gasteiger partial charge in [-0.15, -0.1) is 11.3 Å². The topological polar surface area (TPSA) is 60.2 Å². The summed E-state index contributed by atoms with van der Waals surface area (Å²) in [7, 11) is 1.78. The molecule has 4 nitrogen and oxygen atoms in total. The van der Waals surface area contributed by atoms with Crippen LogP contribution in [0.2, 0.25) is 0 Å². The Balaban J connectivity index is 2.08. The molecule has 1 fully saturated rings. The van der Waals surface area contributed by atoms with Crippen LogP contribution in [0.15, 0.2) is 5.38 Å². The molecule has 0 aliphatic heterocycles. The summed E-state index contributed by atoms with van der Waals surface area (Å²) < 4.78 is 5.71. The van der Waals surface area contributed by atoms with Crippen LogP contribution in [0.25, 0.3) is 0 Å². The Kier molecular flexibility index (Phi) is 4.30. The second-order valence-electron chi connectivity index (χ2n) is 6.42. The molecule has 0 bridgehead atoms. The SMILES string of the molecule is COC1(C(Cc2nc(C(C)(C)C)cs2)NN)CCC1. The van der Waals surface area contributed by atoms with Gasteiger partial charge in [0.1, 0.15) is 0 Å². The van der Waals surface area contributed by atoms with Crippen molar-refractivity contribution in [3.8, 4) is 0 Å². The molecule has 1 aromatic heterocycles. The molecule has 0 aromatic carbocycles. The number of aromatic nitrogens is 1. The third-order valence-electron chi connectivity index (χ3n) is 4.14. The number of rotatable bonds is 5. The van der Waals surface area contributed by atoms with Gasteiger partial charge in [0, 0.05) is 24.3 Å². The number of hydrazine groups is 1. The highest BCUT2D eigenvalue weighted by atomic mass is 32.1. The summed E-state index contributed by atoms with van der Waals surface area (Å²) >= 11 is 1.72. The van der Waals surface area contributed by atoms with Gasteiger partial charge in [0.05, 0.1) is 22.3 Å². The predicted octanol–water partition coefficient (Wildman–Crippen LogP) is 2.38. The molecule has 1 saturated carbocycles. The highest BCUT2D eigenvalue weighted by Gasteiger charge is 2.44. The maximum atomic E-state index is 5.73. The summed E-state index contributed by atoms with van der Waals surface area (Å²) in [5, 5.41) is 3.29. The zero-order valence-corrected chi connectivity index (χ0v) is 13.1. The molecule has 0 saturated heterocycles. The van der Waals surface area contributed by atoms with E-state index in [1.807, 2.05) is 0 Å². The Labute approximate surface area is 119 Å². The largest absolute Gasteiger partial charge is 0.377 e. The maximum absolute atomic E-state index is 5.73. The van der Waals surface area contributed by atoms with E-state index >= 15 is 0 Å². The molecule has 1 aliphatic rings. The number of nitrogens with zero attached hydrogens (tertiary/aromatic N) is 1. The zero-order chi connectivity index (χ0) is 14.1. The zero-order valence-electron chi connectivity index (χ0n) is 12.3. The monoisotopic (exact) mass is 283 g/mol. The molecule has 1 heterocycles. The van der Waals surface area contributed by atoms with Crippen LogP contribution in [0.1, 0.15) is 50.7 Å². The number of ether oxygens (including phenoxy) is 1. The van der Waals surface area contributed by atoms with Crippen LogP contribution in [0.3, 0.4) is 0 Å². The summed E-state index contributed by atoms with van der Waals surface area (Å²) in [6.45, 7) is 6.56. The fourth-order valence-electron chi connectivity index (χ4n) is 2.54. The lowest BCUT2D eigenvalue weighted by atomic mass is 9.73. The van der Waals surface area contributed by atoms with Crippen LogP contribution in [0, 0.1) is 0 Å². The summed E-state index contributed by atoms with van der Waals surface area (Å²) in [5.41, 5.74) is 4.10. The van der Waals surface area contributed by atoms with E-state index in [-0.39, 0.29) is 17.1 Å². The van der Waals surface area contributed by atoms with Crippen LogP contribution >= 0.6 is 11.3 Å². The lowest BCUT2D eigenvalue weighted by Crippen LogP contribution is -2.59. The smallest absolute Gasteiger partial charge is 0.0945 e. The highest BCUT2D eigenvalue weighted by molar-refractivity contribution is 7.09. The van der Waals surface area contributed by atoms with Crippen LogP contribution in [0.4, 0.5) is 0 Å². The quantitative estimate of drug-likeness (QED) is 0.643. The third kappa shape index (κ3) is 2.99. The van der Waals surface area contributed by atoms with Gasteiger partial charge in [0.25, 0.3) is 0 Å². The van der Waals surface area contributed by atoms with Gasteiger partial charge in [-0.3, -0.25) is 11.3 Å². The van der Waals surface area contributed by atoms with E-state index in [1.165, 1.54) is 6.42 Å². The lowest BCUT2D eigenvalue weighted by Gasteiger charge is -2.46. The van der Waals surface area contributed by atoms with Crippen molar-refractivity contribution in [3.05, 3.63) is 16.1 Å². The minimum atomic E-state index is -0.0949. The summed E-state index contributed by atoms with van der Waals surface area (Å²) in [6.07, 6.45) is 4.22. The lowest BCUT2D eigenvalue weighted by molar-refractivity contribution is -0.0982. The van der Waals surface area contributed by atoms with Crippen LogP contribution in [-0.4, -0.2) is 23.7 Å². The second kappa shape index (κ2) is 5.48. The Hall–Kier alpha value is -0.490. The van der Waals surface area contributed by atoms with Gasteiger partial charge in [-0.05, 0) is 19.3 Å². The fraction of sp³-hybridized carbons (Fsp3) is 0.786. The number of thiazole rings is 1. The standard InChI is InChI=1S/C14H25N3OS/c1-13(2,3)11-9-19-12(16-11)8-10(17-15)14(18-4)6-5-7-14/h9-10,17H,5-8,15H2,1-4H3. The van der Waals surface area contributed by atoms with Crippen molar-refractivity contribution in [3.63, 3.8) is 0 Å². The molecule has 2 rings (SSSR count). The van der Waals surface area contributed by atoms with Crippen LogP contribution < -0.4 is 11.3 Å². The van der Waals surface area contributed by atoms with E-state index in [9.17, 15) is 0 Å². The van der Waals surface area contributed by atoms with Crippen molar-refractivity contribution < 1.29 is 4.74 Å². The van der Waals surface area contributed by atoms with E-state index in [1.54, 1.807) is 18.4 Å². The molecular formula is C14H25N3OS. The third-order valence-corrected chi connectivity index (χ3v) is 5.01. The minimum Gasteiger partial charge on any atom is -0.377 e.